The van der Waals surface area contributed by atoms with E-state index in [0.29, 0.717) is 23.6 Å². The van der Waals surface area contributed by atoms with Gasteiger partial charge in [-0.25, -0.2) is 0 Å². The average Bonchev–Trinajstić information content (AvgIpc) is 2.81. The number of nitrogens with zero attached hydrogens (tertiary/aromatic N) is 1. The van der Waals surface area contributed by atoms with Gasteiger partial charge in [0, 0.05) is 17.5 Å². The molecule has 0 spiro atoms. The average molecular weight is 263 g/mol. The predicted molar refractivity (Wildman–Crippen MR) is 70.5 cm³/mol. The fraction of sp³-hybridized carbons (Fsp3) is 0.429. The van der Waals surface area contributed by atoms with E-state index in [1.54, 1.807) is 24.3 Å². The van der Waals surface area contributed by atoms with E-state index in [4.69, 9.17) is 16.9 Å². The summed E-state index contributed by atoms with van der Waals surface area (Å²) in [6.07, 6.45) is 3.25. The smallest absolute Gasteiger partial charge is 0.251 e. The Balaban J connectivity index is 1.93. The molecule has 0 aromatic heterocycles. The Kier molecular flexibility index (Phi) is 4.22. The van der Waals surface area contributed by atoms with Crippen LogP contribution in [0.15, 0.2) is 24.3 Å². The van der Waals surface area contributed by atoms with Gasteiger partial charge in [0.15, 0.2) is 0 Å². The number of hydrogen-bond acceptors (Lipinski definition) is 2. The molecule has 1 fully saturated rings. The summed E-state index contributed by atoms with van der Waals surface area (Å²) in [5.41, 5.74) is 1.02. The van der Waals surface area contributed by atoms with Gasteiger partial charge in [0.1, 0.15) is 0 Å². The van der Waals surface area contributed by atoms with E-state index in [2.05, 4.69) is 5.32 Å². The number of alkyl halides is 1. The third kappa shape index (κ3) is 3.02. The van der Waals surface area contributed by atoms with Gasteiger partial charge < -0.3 is 5.32 Å². The molecule has 1 aromatic rings. The molecule has 1 aliphatic rings. The van der Waals surface area contributed by atoms with Crippen LogP contribution in [0.25, 0.3) is 0 Å². The van der Waals surface area contributed by atoms with Crippen LogP contribution in [0.4, 0.5) is 0 Å². The van der Waals surface area contributed by atoms with Crippen LogP contribution in [0.5, 0.6) is 0 Å². The molecule has 94 valence electrons. The molecular formula is C14H15ClN2O. The zero-order chi connectivity index (χ0) is 13.0. The summed E-state index contributed by atoms with van der Waals surface area (Å²) in [7, 11) is 0. The van der Waals surface area contributed by atoms with Crippen molar-refractivity contribution >= 4 is 17.5 Å². The molecule has 18 heavy (non-hydrogen) atoms. The Morgan fingerprint density at radius 1 is 1.50 bits per heavy atom. The molecule has 3 nitrogen and oxygen atoms in total. The Morgan fingerprint density at radius 3 is 3.00 bits per heavy atom. The second-order valence-corrected chi connectivity index (χ2v) is 5.17. The fourth-order valence-corrected chi connectivity index (χ4v) is 2.65. The minimum Gasteiger partial charge on any atom is -0.352 e. The van der Waals surface area contributed by atoms with Crippen LogP contribution in [0.1, 0.15) is 35.2 Å². The minimum atomic E-state index is -0.136. The van der Waals surface area contributed by atoms with E-state index in [1.807, 2.05) is 6.07 Å². The fourth-order valence-electron chi connectivity index (χ4n) is 2.28. The lowest BCUT2D eigenvalue weighted by Gasteiger charge is -2.14. The first-order chi connectivity index (χ1) is 8.70. The molecule has 2 unspecified atom stereocenters. The number of benzene rings is 1. The number of amides is 1. The molecule has 1 N–H and O–H groups in total. The van der Waals surface area contributed by atoms with Crippen molar-refractivity contribution in [1.82, 2.24) is 5.32 Å². The van der Waals surface area contributed by atoms with E-state index in [1.165, 1.54) is 0 Å². The Labute approximate surface area is 112 Å². The minimum absolute atomic E-state index is 0.136. The number of hydrogen-bond donors (Lipinski definition) is 1. The highest BCUT2D eigenvalue weighted by atomic mass is 35.5. The largest absolute Gasteiger partial charge is 0.352 e. The molecule has 0 aliphatic heterocycles. The van der Waals surface area contributed by atoms with Crippen LogP contribution in [0.2, 0.25) is 0 Å². The number of nitriles is 1. The van der Waals surface area contributed by atoms with Crippen molar-refractivity contribution in [2.45, 2.75) is 24.6 Å². The monoisotopic (exact) mass is 262 g/mol. The van der Waals surface area contributed by atoms with Gasteiger partial charge in [0.2, 0.25) is 0 Å². The zero-order valence-corrected chi connectivity index (χ0v) is 10.8. The second kappa shape index (κ2) is 5.88. The maximum atomic E-state index is 11.9. The maximum Gasteiger partial charge on any atom is 0.251 e. The number of nitrogens with one attached hydrogen (secondary N) is 1. The highest BCUT2D eigenvalue weighted by Gasteiger charge is 2.25. The lowest BCUT2D eigenvalue weighted by atomic mass is 10.1. The predicted octanol–water partition coefficient (Wildman–Crippen LogP) is 2.70. The molecule has 2 atom stereocenters. The third-order valence-electron chi connectivity index (χ3n) is 3.34. The van der Waals surface area contributed by atoms with Gasteiger partial charge in [-0.2, -0.15) is 5.26 Å². The van der Waals surface area contributed by atoms with Gasteiger partial charge >= 0.3 is 0 Å². The van der Waals surface area contributed by atoms with E-state index in [9.17, 15) is 4.79 Å². The molecule has 0 bridgehead atoms. The summed E-state index contributed by atoms with van der Waals surface area (Å²) in [4.78, 5) is 11.9. The number of halogens is 1. The summed E-state index contributed by atoms with van der Waals surface area (Å²) < 4.78 is 0. The standard InChI is InChI=1S/C14H15ClN2O/c15-13-6-2-5-12(13)9-17-14(18)11-4-1-3-10(7-11)8-16/h1,3-4,7,12-13H,2,5-6,9H2,(H,17,18). The van der Waals surface area contributed by atoms with Crippen LogP contribution in [-0.2, 0) is 0 Å². The van der Waals surface area contributed by atoms with Crippen LogP contribution in [-0.4, -0.2) is 17.8 Å². The van der Waals surface area contributed by atoms with Crippen LogP contribution >= 0.6 is 11.6 Å². The first-order valence-electron chi connectivity index (χ1n) is 6.13. The summed E-state index contributed by atoms with van der Waals surface area (Å²) in [6.45, 7) is 0.615. The topological polar surface area (TPSA) is 52.9 Å². The van der Waals surface area contributed by atoms with Crippen molar-refractivity contribution in [2.75, 3.05) is 6.54 Å². The normalized spacial score (nSPS) is 22.4. The summed E-state index contributed by atoms with van der Waals surface area (Å²) >= 11 is 6.16. The molecule has 1 aromatic carbocycles. The Hall–Kier alpha value is -1.53. The van der Waals surface area contributed by atoms with Crippen molar-refractivity contribution < 1.29 is 4.79 Å². The van der Waals surface area contributed by atoms with Crippen molar-refractivity contribution in [3.05, 3.63) is 35.4 Å². The molecule has 0 saturated heterocycles. The summed E-state index contributed by atoms with van der Waals surface area (Å²) in [5.74, 6) is 0.234. The number of carbonyl (C=O) groups is 1. The lowest BCUT2D eigenvalue weighted by Crippen LogP contribution is -2.31. The van der Waals surface area contributed by atoms with Crippen LogP contribution in [0, 0.1) is 17.2 Å². The Bertz CT molecular complexity index is 481. The molecular weight excluding hydrogens is 248 g/mol. The molecule has 1 aliphatic carbocycles. The summed E-state index contributed by atoms with van der Waals surface area (Å²) in [5, 5.41) is 11.8. The molecule has 1 amide bonds. The van der Waals surface area contributed by atoms with Gasteiger partial charge in [0.05, 0.1) is 11.6 Å². The summed E-state index contributed by atoms with van der Waals surface area (Å²) in [6, 6.07) is 8.73. The lowest BCUT2D eigenvalue weighted by molar-refractivity contribution is 0.0947. The van der Waals surface area contributed by atoms with E-state index in [0.717, 1.165) is 19.3 Å². The van der Waals surface area contributed by atoms with Crippen molar-refractivity contribution in [2.24, 2.45) is 5.92 Å². The first-order valence-corrected chi connectivity index (χ1v) is 6.57. The van der Waals surface area contributed by atoms with E-state index in [-0.39, 0.29) is 11.3 Å². The van der Waals surface area contributed by atoms with Crippen molar-refractivity contribution in [3.63, 3.8) is 0 Å². The second-order valence-electron chi connectivity index (χ2n) is 4.61. The van der Waals surface area contributed by atoms with Gasteiger partial charge in [0.25, 0.3) is 5.91 Å². The highest BCUT2D eigenvalue weighted by molar-refractivity contribution is 6.21. The third-order valence-corrected chi connectivity index (χ3v) is 3.92. The van der Waals surface area contributed by atoms with Gasteiger partial charge in [-0.1, -0.05) is 12.5 Å². The maximum absolute atomic E-state index is 11.9. The van der Waals surface area contributed by atoms with Crippen molar-refractivity contribution in [3.8, 4) is 6.07 Å². The van der Waals surface area contributed by atoms with Gasteiger partial charge in [-0.3, -0.25) is 4.79 Å². The van der Waals surface area contributed by atoms with Crippen LogP contribution < -0.4 is 5.32 Å². The highest BCUT2D eigenvalue weighted by Crippen LogP contribution is 2.29. The van der Waals surface area contributed by atoms with E-state index < -0.39 is 0 Å². The van der Waals surface area contributed by atoms with Gasteiger partial charge in [-0.05, 0) is 37.0 Å². The number of rotatable bonds is 3. The first kappa shape index (κ1) is 12.9. The van der Waals surface area contributed by atoms with Crippen molar-refractivity contribution in [1.29, 1.82) is 5.26 Å². The Morgan fingerprint density at radius 2 is 2.33 bits per heavy atom. The van der Waals surface area contributed by atoms with Crippen LogP contribution in [0.3, 0.4) is 0 Å². The number of carbonyl (C=O) groups excluding carboxylic acids is 1. The molecule has 0 heterocycles. The zero-order valence-electron chi connectivity index (χ0n) is 10.0. The molecule has 4 heteroatoms. The van der Waals surface area contributed by atoms with E-state index >= 15 is 0 Å². The molecule has 1 saturated carbocycles. The van der Waals surface area contributed by atoms with Gasteiger partial charge in [-0.15, -0.1) is 11.6 Å². The molecule has 0 radical (unpaired) electrons. The quantitative estimate of drug-likeness (QED) is 0.852. The SMILES string of the molecule is N#Cc1cccc(C(=O)NCC2CCCC2Cl)c1. The molecule has 2 rings (SSSR count).